The number of benzene rings is 3. The second-order valence-corrected chi connectivity index (χ2v) is 7.80. The van der Waals surface area contributed by atoms with E-state index in [-0.39, 0.29) is 6.79 Å². The van der Waals surface area contributed by atoms with Gasteiger partial charge in [0.25, 0.3) is 0 Å². The van der Waals surface area contributed by atoms with Crippen LogP contribution in [0.2, 0.25) is 0 Å². The van der Waals surface area contributed by atoms with Crippen LogP contribution in [0.4, 0.5) is 0 Å². The second kappa shape index (κ2) is 8.27. The van der Waals surface area contributed by atoms with Crippen molar-refractivity contribution in [3.05, 3.63) is 90.0 Å². The molecule has 0 aliphatic carbocycles. The Kier molecular flexibility index (Phi) is 5.17. The lowest BCUT2D eigenvalue weighted by atomic mass is 9.98. The summed E-state index contributed by atoms with van der Waals surface area (Å²) in [5.74, 6) is 1.58. The SMILES string of the molecule is CCc1ccc(-c2cc(-c3ccc4c(c3)OCO4)cc(-c3ccc(CC)cc3)n2)cc1. The van der Waals surface area contributed by atoms with E-state index in [1.807, 2.05) is 12.1 Å². The number of ether oxygens (including phenoxy) is 2. The summed E-state index contributed by atoms with van der Waals surface area (Å²) in [5, 5.41) is 0. The van der Waals surface area contributed by atoms with Crippen LogP contribution in [-0.2, 0) is 12.8 Å². The summed E-state index contributed by atoms with van der Waals surface area (Å²) in [6.07, 6.45) is 2.06. The smallest absolute Gasteiger partial charge is 0.231 e. The molecule has 3 heteroatoms. The molecule has 0 radical (unpaired) electrons. The predicted octanol–water partition coefficient (Wildman–Crippen LogP) is 6.94. The fraction of sp³-hybridized carbons (Fsp3) is 0.179. The minimum atomic E-state index is 0.277. The Morgan fingerprint density at radius 3 is 1.65 bits per heavy atom. The Morgan fingerprint density at radius 2 is 1.10 bits per heavy atom. The molecule has 0 saturated heterocycles. The van der Waals surface area contributed by atoms with Crippen LogP contribution in [0.5, 0.6) is 11.5 Å². The van der Waals surface area contributed by atoms with Gasteiger partial charge in [-0.1, -0.05) is 68.4 Å². The molecule has 0 bridgehead atoms. The maximum Gasteiger partial charge on any atom is 0.231 e. The highest BCUT2D eigenvalue weighted by atomic mass is 16.7. The van der Waals surface area contributed by atoms with Crippen LogP contribution >= 0.6 is 0 Å². The zero-order valence-electron chi connectivity index (χ0n) is 17.9. The second-order valence-electron chi connectivity index (χ2n) is 7.80. The van der Waals surface area contributed by atoms with Gasteiger partial charge in [-0.3, -0.25) is 0 Å². The third-order valence-electron chi connectivity index (χ3n) is 5.85. The summed E-state index contributed by atoms with van der Waals surface area (Å²) < 4.78 is 11.1. The average molecular weight is 408 g/mol. The lowest BCUT2D eigenvalue weighted by Gasteiger charge is -2.11. The quantitative estimate of drug-likeness (QED) is 0.359. The zero-order chi connectivity index (χ0) is 21.2. The lowest BCUT2D eigenvalue weighted by Crippen LogP contribution is -1.93. The summed E-state index contributed by atoms with van der Waals surface area (Å²) >= 11 is 0. The first-order chi connectivity index (χ1) is 15.2. The van der Waals surface area contributed by atoms with Gasteiger partial charge in [-0.05, 0) is 59.4 Å². The Morgan fingerprint density at radius 1 is 0.581 bits per heavy atom. The van der Waals surface area contributed by atoms with E-state index < -0.39 is 0 Å². The molecular formula is C28H25NO2. The molecular weight excluding hydrogens is 382 g/mol. The molecule has 5 rings (SSSR count). The molecule has 0 spiro atoms. The van der Waals surface area contributed by atoms with Crippen molar-refractivity contribution in [2.45, 2.75) is 26.7 Å². The highest BCUT2D eigenvalue weighted by molar-refractivity contribution is 5.77. The van der Waals surface area contributed by atoms with Gasteiger partial charge in [0.05, 0.1) is 11.4 Å². The third-order valence-corrected chi connectivity index (χ3v) is 5.85. The molecule has 2 heterocycles. The average Bonchev–Trinajstić information content (AvgIpc) is 3.32. The van der Waals surface area contributed by atoms with E-state index in [2.05, 4.69) is 80.6 Å². The van der Waals surface area contributed by atoms with Crippen LogP contribution in [-0.4, -0.2) is 11.8 Å². The zero-order valence-corrected chi connectivity index (χ0v) is 17.9. The van der Waals surface area contributed by atoms with E-state index in [0.717, 1.165) is 58.0 Å². The monoisotopic (exact) mass is 407 g/mol. The summed E-state index contributed by atoms with van der Waals surface area (Å²) in [6, 6.07) is 27.8. The van der Waals surface area contributed by atoms with Gasteiger partial charge in [0, 0.05) is 11.1 Å². The number of hydrogen-bond acceptors (Lipinski definition) is 3. The van der Waals surface area contributed by atoms with Gasteiger partial charge >= 0.3 is 0 Å². The molecule has 1 aliphatic heterocycles. The van der Waals surface area contributed by atoms with Gasteiger partial charge in [0.1, 0.15) is 0 Å². The molecule has 3 nitrogen and oxygen atoms in total. The molecule has 3 aromatic carbocycles. The van der Waals surface area contributed by atoms with E-state index in [1.165, 1.54) is 11.1 Å². The first kappa shape index (κ1) is 19.4. The first-order valence-corrected chi connectivity index (χ1v) is 10.8. The van der Waals surface area contributed by atoms with Crippen LogP contribution in [0, 0.1) is 0 Å². The molecule has 1 aromatic heterocycles. The Hall–Kier alpha value is -3.59. The van der Waals surface area contributed by atoms with Crippen molar-refractivity contribution in [1.82, 2.24) is 4.98 Å². The minimum Gasteiger partial charge on any atom is -0.454 e. The van der Waals surface area contributed by atoms with E-state index in [0.29, 0.717) is 0 Å². The van der Waals surface area contributed by atoms with Gasteiger partial charge in [0.15, 0.2) is 11.5 Å². The summed E-state index contributed by atoms with van der Waals surface area (Å²) in [4.78, 5) is 5.03. The first-order valence-electron chi connectivity index (χ1n) is 10.8. The van der Waals surface area contributed by atoms with Crippen LogP contribution < -0.4 is 9.47 Å². The summed E-state index contributed by atoms with van der Waals surface area (Å²) in [5.41, 5.74) is 9.01. The number of fused-ring (bicyclic) bond motifs is 1. The van der Waals surface area contributed by atoms with Crippen molar-refractivity contribution in [2.24, 2.45) is 0 Å². The normalized spacial score (nSPS) is 12.2. The molecule has 0 unspecified atom stereocenters. The van der Waals surface area contributed by atoms with E-state index in [1.54, 1.807) is 0 Å². The molecule has 31 heavy (non-hydrogen) atoms. The van der Waals surface area contributed by atoms with Crippen molar-refractivity contribution >= 4 is 0 Å². The molecule has 1 aliphatic rings. The topological polar surface area (TPSA) is 31.4 Å². The van der Waals surface area contributed by atoms with Crippen molar-refractivity contribution in [3.63, 3.8) is 0 Å². The fourth-order valence-corrected chi connectivity index (χ4v) is 3.89. The number of aromatic nitrogens is 1. The van der Waals surface area contributed by atoms with Crippen molar-refractivity contribution < 1.29 is 9.47 Å². The number of hydrogen-bond donors (Lipinski definition) is 0. The highest BCUT2D eigenvalue weighted by Gasteiger charge is 2.15. The van der Waals surface area contributed by atoms with Crippen LogP contribution in [0.25, 0.3) is 33.6 Å². The molecule has 0 atom stereocenters. The molecule has 4 aromatic rings. The lowest BCUT2D eigenvalue weighted by molar-refractivity contribution is 0.174. The van der Waals surface area contributed by atoms with Gasteiger partial charge in [-0.15, -0.1) is 0 Å². The van der Waals surface area contributed by atoms with Gasteiger partial charge in [-0.25, -0.2) is 4.98 Å². The third kappa shape index (κ3) is 3.91. The predicted molar refractivity (Wildman–Crippen MR) is 125 cm³/mol. The van der Waals surface area contributed by atoms with Crippen molar-refractivity contribution in [1.29, 1.82) is 0 Å². The van der Waals surface area contributed by atoms with Crippen LogP contribution in [0.3, 0.4) is 0 Å². The minimum absolute atomic E-state index is 0.277. The molecule has 0 N–H and O–H groups in total. The number of aryl methyl sites for hydroxylation is 2. The maximum atomic E-state index is 5.60. The van der Waals surface area contributed by atoms with Crippen LogP contribution in [0.1, 0.15) is 25.0 Å². The Balaban J connectivity index is 1.63. The number of pyridine rings is 1. The molecule has 0 fully saturated rings. The van der Waals surface area contributed by atoms with Crippen molar-refractivity contribution in [2.75, 3.05) is 6.79 Å². The molecule has 0 saturated carbocycles. The summed E-state index contributed by atoms with van der Waals surface area (Å²) in [7, 11) is 0. The Labute approximate surface area is 183 Å². The van der Waals surface area contributed by atoms with Crippen molar-refractivity contribution in [3.8, 4) is 45.1 Å². The van der Waals surface area contributed by atoms with Gasteiger partial charge in [0.2, 0.25) is 6.79 Å². The number of rotatable bonds is 5. The number of nitrogens with zero attached hydrogens (tertiary/aromatic N) is 1. The Bertz CT molecular complexity index is 1150. The highest BCUT2D eigenvalue weighted by Crippen LogP contribution is 2.37. The van der Waals surface area contributed by atoms with Gasteiger partial charge in [-0.2, -0.15) is 0 Å². The largest absolute Gasteiger partial charge is 0.454 e. The standard InChI is InChI=1S/C28H25NO2/c1-3-19-5-9-21(10-6-19)25-15-24(23-13-14-27-28(17-23)31-18-30-27)16-26(29-25)22-11-7-20(4-2)8-12-22/h5-17H,3-4,18H2,1-2H3. The molecule has 0 amide bonds. The van der Waals surface area contributed by atoms with E-state index in [9.17, 15) is 0 Å². The fourth-order valence-electron chi connectivity index (χ4n) is 3.89. The van der Waals surface area contributed by atoms with Gasteiger partial charge < -0.3 is 9.47 Å². The van der Waals surface area contributed by atoms with E-state index in [4.69, 9.17) is 14.5 Å². The molecule has 154 valence electrons. The van der Waals surface area contributed by atoms with E-state index >= 15 is 0 Å². The van der Waals surface area contributed by atoms with Crippen LogP contribution in [0.15, 0.2) is 78.9 Å². The maximum absolute atomic E-state index is 5.60. The summed E-state index contributed by atoms with van der Waals surface area (Å²) in [6.45, 7) is 4.62.